The molecule has 1 amide bonds. The largest absolute Gasteiger partial charge is 0.486 e. The van der Waals surface area contributed by atoms with Crippen molar-refractivity contribution in [2.24, 2.45) is 5.73 Å². The molecule has 0 spiro atoms. The van der Waals surface area contributed by atoms with Gasteiger partial charge in [0.15, 0.2) is 9.84 Å². The first-order chi connectivity index (χ1) is 10.8. The van der Waals surface area contributed by atoms with E-state index in [0.29, 0.717) is 16.5 Å². The maximum absolute atomic E-state index is 12.8. The standard InChI is InChI=1S/C14H15FN2O4S2/c1-9(14(16)18)23(19,20)8-11-7-22-13(17-11)6-21-12-4-2-10(15)3-5-12/h2-5,7,9H,6,8H2,1H3,(H2,16,18). The third-order valence-corrected chi connectivity index (χ3v) is 5.94. The molecule has 0 aliphatic carbocycles. The fourth-order valence-corrected chi connectivity index (χ4v) is 3.64. The Kier molecular flexibility index (Phi) is 5.32. The molecule has 0 radical (unpaired) electrons. The second kappa shape index (κ2) is 7.05. The average Bonchev–Trinajstić information content (AvgIpc) is 2.92. The Labute approximate surface area is 137 Å². The molecule has 1 aromatic heterocycles. The first-order valence-corrected chi connectivity index (χ1v) is 9.20. The molecular weight excluding hydrogens is 343 g/mol. The molecule has 2 rings (SSSR count). The van der Waals surface area contributed by atoms with Gasteiger partial charge in [0, 0.05) is 5.38 Å². The number of thiazole rings is 1. The van der Waals surface area contributed by atoms with Crippen LogP contribution in [0, 0.1) is 5.82 Å². The highest BCUT2D eigenvalue weighted by molar-refractivity contribution is 7.92. The molecule has 2 N–H and O–H groups in total. The van der Waals surface area contributed by atoms with Crippen LogP contribution in [0.3, 0.4) is 0 Å². The van der Waals surface area contributed by atoms with Crippen molar-refractivity contribution in [1.82, 2.24) is 4.98 Å². The number of primary amides is 1. The van der Waals surface area contributed by atoms with E-state index in [2.05, 4.69) is 4.98 Å². The molecule has 6 nitrogen and oxygen atoms in total. The third-order valence-electron chi connectivity index (χ3n) is 3.06. The van der Waals surface area contributed by atoms with Gasteiger partial charge < -0.3 is 10.5 Å². The quantitative estimate of drug-likeness (QED) is 0.811. The Balaban J connectivity index is 1.98. The van der Waals surface area contributed by atoms with Crippen LogP contribution in [0.4, 0.5) is 4.39 Å². The Morgan fingerprint density at radius 1 is 1.39 bits per heavy atom. The van der Waals surface area contributed by atoms with Crippen LogP contribution in [0.15, 0.2) is 29.6 Å². The molecule has 0 bridgehead atoms. The van der Waals surface area contributed by atoms with E-state index in [-0.39, 0.29) is 18.2 Å². The van der Waals surface area contributed by atoms with Gasteiger partial charge in [0.2, 0.25) is 5.91 Å². The number of halogens is 1. The van der Waals surface area contributed by atoms with E-state index in [4.69, 9.17) is 10.5 Å². The molecule has 23 heavy (non-hydrogen) atoms. The number of nitrogens with two attached hydrogens (primary N) is 1. The molecule has 1 atom stereocenters. The second-order valence-electron chi connectivity index (χ2n) is 4.83. The molecule has 0 aliphatic rings. The van der Waals surface area contributed by atoms with Gasteiger partial charge in [-0.2, -0.15) is 0 Å². The highest BCUT2D eigenvalue weighted by Crippen LogP contribution is 2.18. The molecule has 0 aliphatic heterocycles. The van der Waals surface area contributed by atoms with Crippen molar-refractivity contribution < 1.29 is 22.3 Å². The summed E-state index contributed by atoms with van der Waals surface area (Å²) in [4.78, 5) is 15.2. The van der Waals surface area contributed by atoms with Crippen LogP contribution < -0.4 is 10.5 Å². The highest BCUT2D eigenvalue weighted by Gasteiger charge is 2.27. The summed E-state index contributed by atoms with van der Waals surface area (Å²) in [5.41, 5.74) is 5.36. The van der Waals surface area contributed by atoms with E-state index < -0.39 is 21.0 Å². The zero-order chi connectivity index (χ0) is 17.0. The van der Waals surface area contributed by atoms with Crippen molar-refractivity contribution in [2.75, 3.05) is 0 Å². The summed E-state index contributed by atoms with van der Waals surface area (Å²) in [5.74, 6) is -1.12. The van der Waals surface area contributed by atoms with Crippen molar-refractivity contribution in [3.63, 3.8) is 0 Å². The molecule has 1 unspecified atom stereocenters. The summed E-state index contributed by atoms with van der Waals surface area (Å²) < 4.78 is 42.1. The highest BCUT2D eigenvalue weighted by atomic mass is 32.2. The third kappa shape index (κ3) is 4.73. The zero-order valence-corrected chi connectivity index (χ0v) is 13.9. The summed E-state index contributed by atoms with van der Waals surface area (Å²) in [7, 11) is -3.68. The molecule has 2 aromatic rings. The lowest BCUT2D eigenvalue weighted by Crippen LogP contribution is -2.34. The summed E-state index contributed by atoms with van der Waals surface area (Å²) in [6.07, 6.45) is 0. The van der Waals surface area contributed by atoms with E-state index >= 15 is 0 Å². The molecular formula is C14H15FN2O4S2. The van der Waals surface area contributed by atoms with Crippen LogP contribution in [0.2, 0.25) is 0 Å². The van der Waals surface area contributed by atoms with Crippen LogP contribution in [0.5, 0.6) is 5.75 Å². The van der Waals surface area contributed by atoms with Crippen LogP contribution in [-0.4, -0.2) is 24.6 Å². The number of aromatic nitrogens is 1. The molecule has 1 aromatic carbocycles. The number of hydrogen-bond acceptors (Lipinski definition) is 6. The van der Waals surface area contributed by atoms with Crippen LogP contribution >= 0.6 is 11.3 Å². The van der Waals surface area contributed by atoms with E-state index in [0.717, 1.165) is 0 Å². The van der Waals surface area contributed by atoms with Crippen molar-refractivity contribution in [1.29, 1.82) is 0 Å². The van der Waals surface area contributed by atoms with Gasteiger partial charge in [-0.25, -0.2) is 17.8 Å². The SMILES string of the molecule is CC(C(N)=O)S(=O)(=O)Cc1csc(COc2ccc(F)cc2)n1. The normalized spacial score (nSPS) is 12.8. The minimum Gasteiger partial charge on any atom is -0.486 e. The van der Waals surface area contributed by atoms with Gasteiger partial charge in [0.05, 0.1) is 11.4 Å². The maximum atomic E-state index is 12.8. The van der Waals surface area contributed by atoms with Crippen LogP contribution in [0.25, 0.3) is 0 Å². The number of sulfone groups is 1. The fourth-order valence-electron chi connectivity index (χ4n) is 1.67. The molecule has 0 fully saturated rings. The number of ether oxygens (including phenoxy) is 1. The zero-order valence-electron chi connectivity index (χ0n) is 12.2. The first-order valence-electron chi connectivity index (χ1n) is 6.60. The Morgan fingerprint density at radius 2 is 2.04 bits per heavy atom. The van der Waals surface area contributed by atoms with Gasteiger partial charge >= 0.3 is 0 Å². The van der Waals surface area contributed by atoms with Gasteiger partial charge in [0.25, 0.3) is 0 Å². The van der Waals surface area contributed by atoms with Crippen LogP contribution in [0.1, 0.15) is 17.6 Å². The van der Waals surface area contributed by atoms with Crippen molar-refractivity contribution >= 4 is 27.1 Å². The summed E-state index contributed by atoms with van der Waals surface area (Å²) in [6, 6.07) is 5.53. The molecule has 124 valence electrons. The van der Waals surface area contributed by atoms with E-state index in [9.17, 15) is 17.6 Å². The van der Waals surface area contributed by atoms with E-state index in [1.807, 2.05) is 0 Å². The fraction of sp³-hybridized carbons (Fsp3) is 0.286. The number of nitrogens with zero attached hydrogens (tertiary/aromatic N) is 1. The number of carbonyl (C=O) groups excluding carboxylic acids is 1. The van der Waals surface area contributed by atoms with Gasteiger partial charge in [-0.15, -0.1) is 11.3 Å². The number of hydrogen-bond donors (Lipinski definition) is 1. The molecule has 9 heteroatoms. The summed E-state index contributed by atoms with van der Waals surface area (Å²) in [5, 5.41) is 0.906. The predicted molar refractivity (Wildman–Crippen MR) is 84.1 cm³/mol. The number of carbonyl (C=O) groups is 1. The first kappa shape index (κ1) is 17.4. The van der Waals surface area contributed by atoms with Gasteiger partial charge in [-0.3, -0.25) is 4.79 Å². The minimum absolute atomic E-state index is 0.141. The number of amides is 1. The predicted octanol–water partition coefficient (Wildman–Crippen LogP) is 1.65. The summed E-state index contributed by atoms with van der Waals surface area (Å²) in [6.45, 7) is 1.39. The number of benzene rings is 1. The van der Waals surface area contributed by atoms with E-state index in [1.165, 1.54) is 42.5 Å². The van der Waals surface area contributed by atoms with E-state index in [1.54, 1.807) is 5.38 Å². The molecule has 0 saturated carbocycles. The Bertz CT molecular complexity index is 787. The Hall–Kier alpha value is -2.00. The lowest BCUT2D eigenvalue weighted by atomic mass is 10.3. The van der Waals surface area contributed by atoms with Crippen molar-refractivity contribution in [3.8, 4) is 5.75 Å². The molecule has 1 heterocycles. The Morgan fingerprint density at radius 3 is 2.65 bits per heavy atom. The van der Waals surface area contributed by atoms with Gasteiger partial charge in [0.1, 0.15) is 28.4 Å². The summed E-state index contributed by atoms with van der Waals surface area (Å²) >= 11 is 1.24. The maximum Gasteiger partial charge on any atom is 0.235 e. The lowest BCUT2D eigenvalue weighted by molar-refractivity contribution is -0.117. The molecule has 0 saturated heterocycles. The van der Waals surface area contributed by atoms with Gasteiger partial charge in [-0.1, -0.05) is 0 Å². The number of rotatable bonds is 7. The lowest BCUT2D eigenvalue weighted by Gasteiger charge is -2.07. The van der Waals surface area contributed by atoms with Crippen molar-refractivity contribution in [2.45, 2.75) is 24.5 Å². The second-order valence-corrected chi connectivity index (χ2v) is 8.09. The van der Waals surface area contributed by atoms with Crippen molar-refractivity contribution in [3.05, 3.63) is 46.2 Å². The van der Waals surface area contributed by atoms with Crippen LogP contribution in [-0.2, 0) is 27.0 Å². The van der Waals surface area contributed by atoms with Gasteiger partial charge in [-0.05, 0) is 31.2 Å². The topological polar surface area (TPSA) is 99.4 Å². The smallest absolute Gasteiger partial charge is 0.235 e. The average molecular weight is 358 g/mol. The monoisotopic (exact) mass is 358 g/mol. The minimum atomic E-state index is -3.68.